The van der Waals surface area contributed by atoms with Gasteiger partial charge in [-0.3, -0.25) is 4.79 Å². The fraction of sp³-hybridized carbons (Fsp3) is 0.267. The lowest BCUT2D eigenvalue weighted by molar-refractivity contribution is -0.114. The van der Waals surface area contributed by atoms with Crippen molar-refractivity contribution in [3.05, 3.63) is 46.2 Å². The summed E-state index contributed by atoms with van der Waals surface area (Å²) in [5, 5.41) is 4.56. The van der Waals surface area contributed by atoms with Crippen LogP contribution in [0.25, 0.3) is 0 Å². The molecule has 0 spiro atoms. The van der Waals surface area contributed by atoms with Crippen molar-refractivity contribution in [1.29, 1.82) is 0 Å². The van der Waals surface area contributed by atoms with E-state index in [1.54, 1.807) is 30.5 Å². The zero-order chi connectivity index (χ0) is 16.3. The van der Waals surface area contributed by atoms with Crippen LogP contribution in [-0.2, 0) is 21.4 Å². The minimum atomic E-state index is -3.55. The van der Waals surface area contributed by atoms with E-state index in [2.05, 4.69) is 5.32 Å². The van der Waals surface area contributed by atoms with Gasteiger partial charge in [0.1, 0.15) is 0 Å². The Morgan fingerprint density at radius 3 is 2.36 bits per heavy atom. The number of nitrogens with one attached hydrogen (secondary N) is 1. The van der Waals surface area contributed by atoms with Crippen LogP contribution in [0.5, 0.6) is 0 Å². The van der Waals surface area contributed by atoms with Gasteiger partial charge in [-0.1, -0.05) is 0 Å². The molecule has 0 aliphatic rings. The van der Waals surface area contributed by atoms with Crippen LogP contribution in [0.2, 0.25) is 0 Å². The molecule has 0 atom stereocenters. The molecule has 118 valence electrons. The molecule has 2 rings (SSSR count). The molecule has 5 nitrogen and oxygen atoms in total. The van der Waals surface area contributed by atoms with Gasteiger partial charge < -0.3 is 5.32 Å². The summed E-state index contributed by atoms with van der Waals surface area (Å²) in [5.41, 5.74) is 1.66. The third kappa shape index (κ3) is 3.73. The lowest BCUT2D eigenvalue weighted by atomic mass is 10.3. The van der Waals surface area contributed by atoms with E-state index >= 15 is 0 Å². The van der Waals surface area contributed by atoms with E-state index in [9.17, 15) is 13.2 Å². The maximum Gasteiger partial charge on any atom is 0.243 e. The lowest BCUT2D eigenvalue weighted by Gasteiger charge is -2.17. The van der Waals surface area contributed by atoms with Gasteiger partial charge in [-0.25, -0.2) is 8.42 Å². The summed E-state index contributed by atoms with van der Waals surface area (Å²) in [4.78, 5) is 12.2. The summed E-state index contributed by atoms with van der Waals surface area (Å²) in [6, 6.07) is 8.14. The zero-order valence-electron chi connectivity index (χ0n) is 12.7. The first-order valence-electron chi connectivity index (χ1n) is 6.67. The van der Waals surface area contributed by atoms with Crippen LogP contribution in [0, 0.1) is 6.92 Å². The van der Waals surface area contributed by atoms with E-state index in [0.717, 1.165) is 10.4 Å². The monoisotopic (exact) mass is 338 g/mol. The fourth-order valence-corrected chi connectivity index (χ4v) is 4.13. The number of aryl methyl sites for hydroxylation is 1. The standard InChI is InChI=1S/C15H18N2O3S2/c1-11-8-9-21-15(11)10-17(3)22(19,20)14-6-4-13(5-7-14)16-12(2)18/h4-9H,10H2,1-3H3,(H,16,18). The van der Waals surface area contributed by atoms with Crippen molar-refractivity contribution in [3.8, 4) is 0 Å². The van der Waals surface area contributed by atoms with E-state index in [-0.39, 0.29) is 10.8 Å². The van der Waals surface area contributed by atoms with E-state index < -0.39 is 10.0 Å². The van der Waals surface area contributed by atoms with Crippen LogP contribution < -0.4 is 5.32 Å². The van der Waals surface area contributed by atoms with Gasteiger partial charge in [0.25, 0.3) is 0 Å². The Balaban J connectivity index is 2.18. The van der Waals surface area contributed by atoms with Gasteiger partial charge in [0.05, 0.1) is 4.90 Å². The smallest absolute Gasteiger partial charge is 0.243 e. The normalized spacial score (nSPS) is 11.6. The minimum absolute atomic E-state index is 0.194. The second kappa shape index (κ2) is 6.60. The van der Waals surface area contributed by atoms with Crippen molar-refractivity contribution < 1.29 is 13.2 Å². The van der Waals surface area contributed by atoms with E-state index in [1.165, 1.54) is 23.4 Å². The SMILES string of the molecule is CC(=O)Nc1ccc(S(=O)(=O)N(C)Cc2sccc2C)cc1. The quantitative estimate of drug-likeness (QED) is 0.911. The summed E-state index contributed by atoms with van der Waals surface area (Å²) in [6.45, 7) is 3.72. The topological polar surface area (TPSA) is 66.5 Å². The van der Waals surface area contributed by atoms with E-state index in [4.69, 9.17) is 0 Å². The Hall–Kier alpha value is -1.70. The highest BCUT2D eigenvalue weighted by Gasteiger charge is 2.21. The average molecular weight is 338 g/mol. The highest BCUT2D eigenvalue weighted by molar-refractivity contribution is 7.89. The molecule has 7 heteroatoms. The largest absolute Gasteiger partial charge is 0.326 e. The van der Waals surface area contributed by atoms with Gasteiger partial charge in [-0.05, 0) is 48.2 Å². The molecule has 1 heterocycles. The van der Waals surface area contributed by atoms with Gasteiger partial charge in [-0.2, -0.15) is 4.31 Å². The Kier molecular flexibility index (Phi) is 5.00. The molecular formula is C15H18N2O3S2. The Bertz CT molecular complexity index is 764. The van der Waals surface area contributed by atoms with Gasteiger partial charge in [0.2, 0.25) is 15.9 Å². The van der Waals surface area contributed by atoms with Crippen molar-refractivity contribution in [1.82, 2.24) is 4.31 Å². The van der Waals surface area contributed by atoms with Crippen LogP contribution in [-0.4, -0.2) is 25.7 Å². The fourth-order valence-electron chi connectivity index (χ4n) is 1.95. The summed E-state index contributed by atoms with van der Waals surface area (Å²) in [7, 11) is -1.98. The third-order valence-electron chi connectivity index (χ3n) is 3.22. The number of thiophene rings is 1. The number of nitrogens with zero attached hydrogens (tertiary/aromatic N) is 1. The van der Waals surface area contributed by atoms with E-state index in [1.807, 2.05) is 18.4 Å². The Morgan fingerprint density at radius 1 is 1.23 bits per heavy atom. The molecule has 0 saturated carbocycles. The summed E-state index contributed by atoms with van der Waals surface area (Å²) in [6.07, 6.45) is 0. The summed E-state index contributed by atoms with van der Waals surface area (Å²) >= 11 is 1.54. The first kappa shape index (κ1) is 16.7. The maximum atomic E-state index is 12.5. The molecule has 1 amide bonds. The molecule has 0 aliphatic heterocycles. The molecule has 0 aliphatic carbocycles. The molecular weight excluding hydrogens is 320 g/mol. The van der Waals surface area contributed by atoms with Crippen LogP contribution in [0.15, 0.2) is 40.6 Å². The van der Waals surface area contributed by atoms with Crippen molar-refractivity contribution in [2.45, 2.75) is 25.3 Å². The van der Waals surface area contributed by atoms with Crippen LogP contribution in [0.3, 0.4) is 0 Å². The average Bonchev–Trinajstić information content (AvgIpc) is 2.84. The maximum absolute atomic E-state index is 12.5. The number of amides is 1. The molecule has 0 fully saturated rings. The van der Waals surface area contributed by atoms with Crippen molar-refractivity contribution in [2.75, 3.05) is 12.4 Å². The van der Waals surface area contributed by atoms with Crippen LogP contribution in [0.1, 0.15) is 17.4 Å². The number of rotatable bonds is 5. The number of carbonyl (C=O) groups is 1. The lowest BCUT2D eigenvalue weighted by Crippen LogP contribution is -2.26. The molecule has 1 aromatic heterocycles. The Labute approximate surface area is 134 Å². The zero-order valence-corrected chi connectivity index (χ0v) is 14.3. The Morgan fingerprint density at radius 2 is 1.86 bits per heavy atom. The number of benzene rings is 1. The molecule has 0 bridgehead atoms. The number of anilines is 1. The molecule has 2 aromatic rings. The number of carbonyl (C=O) groups excluding carboxylic acids is 1. The second-order valence-electron chi connectivity index (χ2n) is 4.99. The van der Waals surface area contributed by atoms with Crippen molar-refractivity contribution in [3.63, 3.8) is 0 Å². The van der Waals surface area contributed by atoms with Crippen molar-refractivity contribution >= 4 is 33.0 Å². The van der Waals surface area contributed by atoms with Crippen molar-refractivity contribution in [2.24, 2.45) is 0 Å². The van der Waals surface area contributed by atoms with Gasteiger partial charge in [-0.15, -0.1) is 11.3 Å². The molecule has 1 N–H and O–H groups in total. The van der Waals surface area contributed by atoms with Gasteiger partial charge in [0, 0.05) is 31.1 Å². The molecule has 1 aromatic carbocycles. The molecule has 22 heavy (non-hydrogen) atoms. The predicted molar refractivity (Wildman–Crippen MR) is 88.5 cm³/mol. The first-order valence-corrected chi connectivity index (χ1v) is 8.99. The molecule has 0 radical (unpaired) electrons. The summed E-state index contributed by atoms with van der Waals surface area (Å²) in [5.74, 6) is -0.194. The molecule has 0 unspecified atom stereocenters. The predicted octanol–water partition coefficient (Wildman–Crippen LogP) is 2.84. The van der Waals surface area contributed by atoms with Crippen LogP contribution in [0.4, 0.5) is 5.69 Å². The van der Waals surface area contributed by atoms with Gasteiger partial charge >= 0.3 is 0 Å². The third-order valence-corrected chi connectivity index (χ3v) is 6.04. The summed E-state index contributed by atoms with van der Waals surface area (Å²) < 4.78 is 26.4. The highest BCUT2D eigenvalue weighted by Crippen LogP contribution is 2.22. The van der Waals surface area contributed by atoms with E-state index in [0.29, 0.717) is 12.2 Å². The van der Waals surface area contributed by atoms with Gasteiger partial charge in [0.15, 0.2) is 0 Å². The number of hydrogen-bond acceptors (Lipinski definition) is 4. The minimum Gasteiger partial charge on any atom is -0.326 e. The highest BCUT2D eigenvalue weighted by atomic mass is 32.2. The molecule has 0 saturated heterocycles. The second-order valence-corrected chi connectivity index (χ2v) is 8.04. The number of sulfonamides is 1. The number of hydrogen-bond donors (Lipinski definition) is 1. The van der Waals surface area contributed by atoms with Crippen LogP contribution >= 0.6 is 11.3 Å². The first-order chi connectivity index (χ1) is 10.3.